The number of rotatable bonds is 3. The molecule has 1 heterocycles. The molecular formula is C9H10FN3OS. The summed E-state index contributed by atoms with van der Waals surface area (Å²) in [5, 5.41) is 0.299. The van der Waals surface area contributed by atoms with Gasteiger partial charge in [0.2, 0.25) is 0 Å². The van der Waals surface area contributed by atoms with Gasteiger partial charge in [-0.2, -0.15) is 0 Å². The van der Waals surface area contributed by atoms with E-state index in [4.69, 9.17) is 5.73 Å². The van der Waals surface area contributed by atoms with E-state index in [9.17, 15) is 8.60 Å². The number of nitrogen functional groups attached to an aromatic ring is 1. The van der Waals surface area contributed by atoms with Crippen LogP contribution in [0.1, 0.15) is 0 Å². The Morgan fingerprint density at radius 2 is 2.33 bits per heavy atom. The van der Waals surface area contributed by atoms with Crippen molar-refractivity contribution in [2.75, 3.05) is 18.2 Å². The summed E-state index contributed by atoms with van der Waals surface area (Å²) in [5.41, 5.74) is 7.60. The van der Waals surface area contributed by atoms with E-state index in [-0.39, 0.29) is 5.75 Å². The number of hydrogen-bond donors (Lipinski definition) is 2. The maximum atomic E-state index is 12.0. The van der Waals surface area contributed by atoms with Crippen molar-refractivity contribution in [2.24, 2.45) is 0 Å². The zero-order valence-electron chi connectivity index (χ0n) is 7.87. The first-order valence-corrected chi connectivity index (χ1v) is 5.72. The van der Waals surface area contributed by atoms with Gasteiger partial charge in [-0.1, -0.05) is 0 Å². The lowest BCUT2D eigenvalue weighted by Crippen LogP contribution is -2.01. The summed E-state index contributed by atoms with van der Waals surface area (Å²) in [7, 11) is -1.41. The number of fused-ring (bicyclic) bond motifs is 1. The summed E-state index contributed by atoms with van der Waals surface area (Å²) in [6.07, 6.45) is 0. The average Bonchev–Trinajstić information content (AvgIpc) is 2.60. The fourth-order valence-electron chi connectivity index (χ4n) is 1.28. The van der Waals surface area contributed by atoms with Gasteiger partial charge in [0.25, 0.3) is 0 Å². The SMILES string of the molecule is Nc1ccc2nc(S(=O)CCF)[nH]c2c1. The normalized spacial score (nSPS) is 13.1. The molecule has 1 atom stereocenters. The Morgan fingerprint density at radius 1 is 1.53 bits per heavy atom. The molecule has 0 saturated heterocycles. The molecule has 0 amide bonds. The molecule has 0 fully saturated rings. The third-order valence-corrected chi connectivity index (χ3v) is 3.11. The molecule has 0 aliphatic rings. The van der Waals surface area contributed by atoms with Crippen LogP contribution in [0.4, 0.5) is 10.1 Å². The van der Waals surface area contributed by atoms with Crippen molar-refractivity contribution in [3.8, 4) is 0 Å². The van der Waals surface area contributed by atoms with Crippen LogP contribution in [-0.2, 0) is 10.8 Å². The number of nitrogens with zero attached hydrogens (tertiary/aromatic N) is 1. The fourth-order valence-corrected chi connectivity index (χ4v) is 2.04. The van der Waals surface area contributed by atoms with Crippen molar-refractivity contribution < 1.29 is 8.60 Å². The molecule has 80 valence electrons. The number of imidazole rings is 1. The fraction of sp³-hybridized carbons (Fsp3) is 0.222. The minimum absolute atomic E-state index is 0.0324. The summed E-state index contributed by atoms with van der Waals surface area (Å²) >= 11 is 0. The number of benzene rings is 1. The Balaban J connectivity index is 2.42. The number of nitrogens with two attached hydrogens (primary N) is 1. The number of H-pyrrole nitrogens is 1. The largest absolute Gasteiger partial charge is 0.399 e. The topological polar surface area (TPSA) is 71.8 Å². The molecule has 0 spiro atoms. The Morgan fingerprint density at radius 3 is 3.07 bits per heavy atom. The lowest BCUT2D eigenvalue weighted by Gasteiger charge is -1.91. The summed E-state index contributed by atoms with van der Waals surface area (Å²) < 4.78 is 23.4. The maximum absolute atomic E-state index is 12.0. The smallest absolute Gasteiger partial charge is 0.197 e. The van der Waals surface area contributed by atoms with Gasteiger partial charge in [0.1, 0.15) is 6.67 Å². The Bertz CT molecular complexity index is 511. The highest BCUT2D eigenvalue weighted by Gasteiger charge is 2.09. The van der Waals surface area contributed by atoms with E-state index in [1.807, 2.05) is 0 Å². The van der Waals surface area contributed by atoms with Crippen LogP contribution in [-0.4, -0.2) is 26.6 Å². The molecule has 0 bridgehead atoms. The van der Waals surface area contributed by atoms with Gasteiger partial charge in [-0.25, -0.2) is 4.98 Å². The van der Waals surface area contributed by atoms with Gasteiger partial charge in [-0.3, -0.25) is 8.60 Å². The molecule has 0 saturated carbocycles. The van der Waals surface area contributed by atoms with E-state index in [0.29, 0.717) is 16.4 Å². The van der Waals surface area contributed by atoms with Crippen molar-refractivity contribution in [3.05, 3.63) is 18.2 Å². The first-order chi connectivity index (χ1) is 7.20. The third-order valence-electron chi connectivity index (χ3n) is 1.96. The zero-order chi connectivity index (χ0) is 10.8. The van der Waals surface area contributed by atoms with E-state index in [1.54, 1.807) is 18.2 Å². The predicted octanol–water partition coefficient (Wildman–Crippen LogP) is 1.22. The first-order valence-electron chi connectivity index (χ1n) is 4.40. The van der Waals surface area contributed by atoms with Gasteiger partial charge in [0.05, 0.1) is 27.6 Å². The number of alkyl halides is 1. The lowest BCUT2D eigenvalue weighted by atomic mass is 10.3. The Labute approximate surface area is 88.2 Å². The molecule has 0 radical (unpaired) electrons. The van der Waals surface area contributed by atoms with Crippen LogP contribution >= 0.6 is 0 Å². The molecule has 1 aromatic heterocycles. The second-order valence-corrected chi connectivity index (χ2v) is 4.54. The molecule has 15 heavy (non-hydrogen) atoms. The van der Waals surface area contributed by atoms with Crippen LogP contribution in [0.3, 0.4) is 0 Å². The number of aromatic amines is 1. The highest BCUT2D eigenvalue weighted by molar-refractivity contribution is 7.84. The standard InChI is InChI=1S/C9H10FN3OS/c10-3-4-15(14)9-12-7-2-1-6(11)5-8(7)13-9/h1-2,5H,3-4,11H2,(H,12,13). The van der Waals surface area contributed by atoms with Crippen LogP contribution in [0.15, 0.2) is 23.4 Å². The molecule has 1 aromatic carbocycles. The van der Waals surface area contributed by atoms with Crippen LogP contribution < -0.4 is 5.73 Å². The third kappa shape index (κ3) is 1.99. The molecular weight excluding hydrogens is 217 g/mol. The van der Waals surface area contributed by atoms with Gasteiger partial charge in [0.15, 0.2) is 5.16 Å². The van der Waals surface area contributed by atoms with Crippen molar-refractivity contribution in [2.45, 2.75) is 5.16 Å². The van der Waals surface area contributed by atoms with Crippen LogP contribution in [0, 0.1) is 0 Å². The summed E-state index contributed by atoms with van der Waals surface area (Å²) in [6.45, 7) is -0.619. The summed E-state index contributed by atoms with van der Waals surface area (Å²) in [6, 6.07) is 5.15. The van der Waals surface area contributed by atoms with Crippen molar-refractivity contribution in [3.63, 3.8) is 0 Å². The number of nitrogens with one attached hydrogen (secondary N) is 1. The summed E-state index contributed by atoms with van der Waals surface area (Å²) in [4.78, 5) is 6.96. The number of anilines is 1. The molecule has 3 N–H and O–H groups in total. The molecule has 0 aliphatic heterocycles. The second kappa shape index (κ2) is 3.98. The maximum Gasteiger partial charge on any atom is 0.197 e. The summed E-state index contributed by atoms with van der Waals surface area (Å²) in [5.74, 6) is -0.0324. The Hall–Kier alpha value is -1.43. The number of halogens is 1. The highest BCUT2D eigenvalue weighted by atomic mass is 32.2. The van der Waals surface area contributed by atoms with E-state index in [1.165, 1.54) is 0 Å². The van der Waals surface area contributed by atoms with Crippen molar-refractivity contribution >= 4 is 27.5 Å². The van der Waals surface area contributed by atoms with Gasteiger partial charge in [0, 0.05) is 5.69 Å². The molecule has 0 aliphatic carbocycles. The molecule has 4 nitrogen and oxygen atoms in total. The predicted molar refractivity (Wildman–Crippen MR) is 57.8 cm³/mol. The van der Waals surface area contributed by atoms with Crippen LogP contribution in [0.25, 0.3) is 11.0 Å². The quantitative estimate of drug-likeness (QED) is 0.774. The van der Waals surface area contributed by atoms with Crippen LogP contribution in [0.5, 0.6) is 0 Å². The van der Waals surface area contributed by atoms with Gasteiger partial charge >= 0.3 is 0 Å². The van der Waals surface area contributed by atoms with Crippen LogP contribution in [0.2, 0.25) is 0 Å². The minimum Gasteiger partial charge on any atom is -0.399 e. The first kappa shape index (κ1) is 10.1. The van der Waals surface area contributed by atoms with E-state index in [2.05, 4.69) is 9.97 Å². The molecule has 2 aromatic rings. The van der Waals surface area contributed by atoms with Gasteiger partial charge in [-0.15, -0.1) is 0 Å². The van der Waals surface area contributed by atoms with Crippen molar-refractivity contribution in [1.29, 1.82) is 0 Å². The molecule has 1 unspecified atom stereocenters. The minimum atomic E-state index is -1.41. The molecule has 2 rings (SSSR count). The lowest BCUT2D eigenvalue weighted by molar-refractivity contribution is 0.527. The Kier molecular flexibility index (Phi) is 2.68. The monoisotopic (exact) mass is 227 g/mol. The second-order valence-electron chi connectivity index (χ2n) is 3.06. The van der Waals surface area contributed by atoms with E-state index in [0.717, 1.165) is 5.52 Å². The van der Waals surface area contributed by atoms with E-state index < -0.39 is 17.5 Å². The zero-order valence-corrected chi connectivity index (χ0v) is 8.68. The van der Waals surface area contributed by atoms with E-state index >= 15 is 0 Å². The van der Waals surface area contributed by atoms with Gasteiger partial charge < -0.3 is 10.7 Å². The average molecular weight is 227 g/mol. The number of aromatic nitrogens is 2. The number of hydrogen-bond acceptors (Lipinski definition) is 3. The molecule has 6 heteroatoms. The van der Waals surface area contributed by atoms with Crippen molar-refractivity contribution in [1.82, 2.24) is 9.97 Å². The van der Waals surface area contributed by atoms with Gasteiger partial charge in [-0.05, 0) is 18.2 Å². The highest BCUT2D eigenvalue weighted by Crippen LogP contribution is 2.16.